The molecule has 3 heteroatoms. The molecule has 0 bridgehead atoms. The van der Waals surface area contributed by atoms with Crippen molar-refractivity contribution < 1.29 is 0 Å². The van der Waals surface area contributed by atoms with Gasteiger partial charge in [0, 0.05) is 29.8 Å². The van der Waals surface area contributed by atoms with Crippen molar-refractivity contribution in [2.75, 3.05) is 11.4 Å². The first-order valence-corrected chi connectivity index (χ1v) is 7.39. The largest absolute Gasteiger partial charge is 0.369 e. The minimum atomic E-state index is 0.509. The fraction of sp³-hybridized carbons (Fsp3) is 0.600. The molecule has 1 aromatic rings. The first-order valence-electron chi connectivity index (χ1n) is 7.01. The second-order valence-electron chi connectivity index (χ2n) is 5.06. The number of rotatable bonds is 4. The van der Waals surface area contributed by atoms with Gasteiger partial charge in [0.2, 0.25) is 0 Å². The SMILES string of the molecule is CCN(c1ccc(CN)c(Cl)c1)C1CCCCC1. The summed E-state index contributed by atoms with van der Waals surface area (Å²) in [5, 5.41) is 0.796. The Balaban J connectivity index is 2.18. The van der Waals surface area contributed by atoms with E-state index in [2.05, 4.69) is 30.0 Å². The Morgan fingerprint density at radius 3 is 2.56 bits per heavy atom. The summed E-state index contributed by atoms with van der Waals surface area (Å²) in [5.41, 5.74) is 7.92. The van der Waals surface area contributed by atoms with Crippen LogP contribution >= 0.6 is 11.6 Å². The van der Waals surface area contributed by atoms with Crippen LogP contribution in [0.4, 0.5) is 5.69 Å². The van der Waals surface area contributed by atoms with E-state index in [1.165, 1.54) is 37.8 Å². The molecule has 0 radical (unpaired) electrons. The molecule has 0 aliphatic heterocycles. The lowest BCUT2D eigenvalue weighted by Crippen LogP contribution is -2.36. The Labute approximate surface area is 115 Å². The fourth-order valence-corrected chi connectivity index (χ4v) is 3.18. The number of benzene rings is 1. The molecule has 0 unspecified atom stereocenters. The highest BCUT2D eigenvalue weighted by atomic mass is 35.5. The molecule has 1 saturated carbocycles. The lowest BCUT2D eigenvalue weighted by molar-refractivity contribution is 0.418. The highest BCUT2D eigenvalue weighted by Crippen LogP contribution is 2.29. The van der Waals surface area contributed by atoms with Crippen molar-refractivity contribution in [2.45, 2.75) is 51.6 Å². The van der Waals surface area contributed by atoms with Gasteiger partial charge in [0.1, 0.15) is 0 Å². The summed E-state index contributed by atoms with van der Waals surface area (Å²) < 4.78 is 0. The quantitative estimate of drug-likeness (QED) is 0.894. The smallest absolute Gasteiger partial charge is 0.0471 e. The zero-order chi connectivity index (χ0) is 13.0. The van der Waals surface area contributed by atoms with Crippen LogP contribution in [0.1, 0.15) is 44.6 Å². The van der Waals surface area contributed by atoms with Crippen LogP contribution < -0.4 is 10.6 Å². The van der Waals surface area contributed by atoms with E-state index in [4.69, 9.17) is 17.3 Å². The van der Waals surface area contributed by atoms with Gasteiger partial charge in [0.05, 0.1) is 0 Å². The van der Waals surface area contributed by atoms with E-state index in [9.17, 15) is 0 Å². The third-order valence-corrected chi connectivity index (χ3v) is 4.30. The molecule has 18 heavy (non-hydrogen) atoms. The van der Waals surface area contributed by atoms with E-state index in [0.717, 1.165) is 17.1 Å². The molecule has 1 aromatic carbocycles. The Morgan fingerprint density at radius 2 is 2.00 bits per heavy atom. The Bertz CT molecular complexity index is 386. The van der Waals surface area contributed by atoms with E-state index in [1.807, 2.05) is 0 Å². The molecular weight excluding hydrogens is 244 g/mol. The lowest BCUT2D eigenvalue weighted by Gasteiger charge is -2.35. The Hall–Kier alpha value is -0.730. The monoisotopic (exact) mass is 266 g/mol. The van der Waals surface area contributed by atoms with E-state index in [0.29, 0.717) is 12.6 Å². The van der Waals surface area contributed by atoms with Gasteiger partial charge in [-0.3, -0.25) is 0 Å². The van der Waals surface area contributed by atoms with Crippen LogP contribution in [0.15, 0.2) is 18.2 Å². The van der Waals surface area contributed by atoms with E-state index >= 15 is 0 Å². The van der Waals surface area contributed by atoms with Crippen LogP contribution in [0.3, 0.4) is 0 Å². The van der Waals surface area contributed by atoms with Crippen LogP contribution in [0.5, 0.6) is 0 Å². The normalized spacial score (nSPS) is 16.8. The van der Waals surface area contributed by atoms with Gasteiger partial charge in [0.25, 0.3) is 0 Å². The number of hydrogen-bond donors (Lipinski definition) is 1. The van der Waals surface area contributed by atoms with Crippen molar-refractivity contribution in [2.24, 2.45) is 5.73 Å². The second-order valence-corrected chi connectivity index (χ2v) is 5.46. The molecule has 2 N–H and O–H groups in total. The average Bonchev–Trinajstić information content (AvgIpc) is 2.41. The first kappa shape index (κ1) is 13.7. The van der Waals surface area contributed by atoms with Gasteiger partial charge in [-0.25, -0.2) is 0 Å². The zero-order valence-electron chi connectivity index (χ0n) is 11.2. The highest BCUT2D eigenvalue weighted by molar-refractivity contribution is 6.31. The number of hydrogen-bond acceptors (Lipinski definition) is 2. The molecule has 1 fully saturated rings. The van der Waals surface area contributed by atoms with Gasteiger partial charge in [-0.05, 0) is 37.5 Å². The second kappa shape index (κ2) is 6.44. The molecule has 0 heterocycles. The maximum absolute atomic E-state index is 6.26. The molecular formula is C15H23ClN2. The maximum Gasteiger partial charge on any atom is 0.0471 e. The van der Waals surface area contributed by atoms with Crippen LogP contribution in [-0.4, -0.2) is 12.6 Å². The highest BCUT2D eigenvalue weighted by Gasteiger charge is 2.20. The summed E-state index contributed by atoms with van der Waals surface area (Å²) in [6.07, 6.45) is 6.72. The summed E-state index contributed by atoms with van der Waals surface area (Å²) in [6, 6.07) is 6.97. The average molecular weight is 267 g/mol. The third kappa shape index (κ3) is 2.99. The van der Waals surface area contributed by atoms with Crippen molar-refractivity contribution in [3.8, 4) is 0 Å². The fourth-order valence-electron chi connectivity index (χ4n) is 2.92. The molecule has 0 amide bonds. The van der Waals surface area contributed by atoms with Crippen LogP contribution in [0.2, 0.25) is 5.02 Å². The summed E-state index contributed by atoms with van der Waals surface area (Å²) in [6.45, 7) is 3.77. The molecule has 100 valence electrons. The van der Waals surface area contributed by atoms with Gasteiger partial charge < -0.3 is 10.6 Å². The summed E-state index contributed by atoms with van der Waals surface area (Å²) in [7, 11) is 0. The van der Waals surface area contributed by atoms with Crippen molar-refractivity contribution in [3.05, 3.63) is 28.8 Å². The van der Waals surface area contributed by atoms with E-state index in [-0.39, 0.29) is 0 Å². The van der Waals surface area contributed by atoms with Crippen molar-refractivity contribution in [1.82, 2.24) is 0 Å². The maximum atomic E-state index is 6.26. The molecule has 0 saturated heterocycles. The number of nitrogens with two attached hydrogens (primary N) is 1. The van der Waals surface area contributed by atoms with Gasteiger partial charge >= 0.3 is 0 Å². The van der Waals surface area contributed by atoms with Gasteiger partial charge in [0.15, 0.2) is 0 Å². The van der Waals surface area contributed by atoms with Gasteiger partial charge in [-0.2, -0.15) is 0 Å². The van der Waals surface area contributed by atoms with Crippen molar-refractivity contribution in [1.29, 1.82) is 0 Å². The summed E-state index contributed by atoms with van der Waals surface area (Å²) in [4.78, 5) is 2.49. The molecule has 0 atom stereocenters. The van der Waals surface area contributed by atoms with E-state index in [1.54, 1.807) is 0 Å². The van der Waals surface area contributed by atoms with Crippen LogP contribution in [-0.2, 0) is 6.54 Å². The zero-order valence-corrected chi connectivity index (χ0v) is 11.9. The van der Waals surface area contributed by atoms with Crippen molar-refractivity contribution in [3.63, 3.8) is 0 Å². The molecule has 2 rings (SSSR count). The lowest BCUT2D eigenvalue weighted by atomic mass is 9.93. The number of nitrogens with zero attached hydrogens (tertiary/aromatic N) is 1. The minimum absolute atomic E-state index is 0.509. The predicted octanol–water partition coefficient (Wildman–Crippen LogP) is 3.96. The Kier molecular flexibility index (Phi) is 4.90. The number of anilines is 1. The minimum Gasteiger partial charge on any atom is -0.369 e. The summed E-state index contributed by atoms with van der Waals surface area (Å²) >= 11 is 6.26. The van der Waals surface area contributed by atoms with Crippen LogP contribution in [0.25, 0.3) is 0 Å². The Morgan fingerprint density at radius 1 is 1.28 bits per heavy atom. The van der Waals surface area contributed by atoms with Gasteiger partial charge in [-0.15, -0.1) is 0 Å². The standard InChI is InChI=1S/C15H23ClN2/c1-2-18(13-6-4-3-5-7-13)14-9-8-12(11-17)15(16)10-14/h8-10,13H,2-7,11,17H2,1H3. The topological polar surface area (TPSA) is 29.3 Å². The first-order chi connectivity index (χ1) is 8.76. The molecule has 0 aromatic heterocycles. The summed E-state index contributed by atoms with van der Waals surface area (Å²) in [5.74, 6) is 0. The molecule has 1 aliphatic carbocycles. The third-order valence-electron chi connectivity index (χ3n) is 3.94. The molecule has 0 spiro atoms. The molecule has 2 nitrogen and oxygen atoms in total. The predicted molar refractivity (Wildman–Crippen MR) is 79.2 cm³/mol. The van der Waals surface area contributed by atoms with Crippen molar-refractivity contribution >= 4 is 17.3 Å². The van der Waals surface area contributed by atoms with E-state index < -0.39 is 0 Å². The van der Waals surface area contributed by atoms with Crippen LogP contribution in [0, 0.1) is 0 Å². The number of halogens is 1. The van der Waals surface area contributed by atoms with Gasteiger partial charge in [-0.1, -0.05) is 36.9 Å². The molecule has 1 aliphatic rings.